The average molecular weight is 480 g/mol. The van der Waals surface area contributed by atoms with Crippen LogP contribution in [0, 0.1) is 5.92 Å². The van der Waals surface area contributed by atoms with E-state index in [1.807, 2.05) is 18.2 Å². The molecule has 0 spiro atoms. The van der Waals surface area contributed by atoms with Crippen LogP contribution in [0.1, 0.15) is 28.8 Å². The number of carbonyl (C=O) groups is 2. The predicted molar refractivity (Wildman–Crippen MR) is 124 cm³/mol. The molecule has 0 bridgehead atoms. The van der Waals surface area contributed by atoms with Crippen molar-refractivity contribution in [1.82, 2.24) is 10.2 Å². The van der Waals surface area contributed by atoms with Gasteiger partial charge in [-0.1, -0.05) is 29.8 Å². The molecule has 0 saturated carbocycles. The van der Waals surface area contributed by atoms with Gasteiger partial charge in [-0.3, -0.25) is 9.52 Å². The summed E-state index contributed by atoms with van der Waals surface area (Å²) in [5.74, 6) is -0.106. The normalized spacial score (nSPS) is 15.8. The second-order valence-electron chi connectivity index (χ2n) is 7.97. The molecule has 2 amide bonds. The molecule has 8 nitrogen and oxygen atoms in total. The highest BCUT2D eigenvalue weighted by atomic mass is 35.5. The third kappa shape index (κ3) is 6.86. The molecule has 0 aromatic heterocycles. The molecule has 32 heavy (non-hydrogen) atoms. The fourth-order valence-electron chi connectivity index (χ4n) is 4.03. The third-order valence-corrected chi connectivity index (χ3v) is 6.30. The largest absolute Gasteiger partial charge is 0.465 e. The highest BCUT2D eigenvalue weighted by Crippen LogP contribution is 2.25. The van der Waals surface area contributed by atoms with Gasteiger partial charge in [0.1, 0.15) is 0 Å². The maximum absolute atomic E-state index is 12.9. The quantitative estimate of drug-likeness (QED) is 0.562. The molecule has 3 rings (SSSR count). The van der Waals surface area contributed by atoms with Gasteiger partial charge in [0.15, 0.2) is 0 Å². The summed E-state index contributed by atoms with van der Waals surface area (Å²) in [6.07, 6.45) is 1.80. The third-order valence-electron chi connectivity index (χ3n) is 5.46. The molecule has 10 heteroatoms. The van der Waals surface area contributed by atoms with Crippen molar-refractivity contribution >= 4 is 39.3 Å². The Labute approximate surface area is 192 Å². The molecule has 2 aromatic carbocycles. The van der Waals surface area contributed by atoms with Crippen molar-refractivity contribution in [1.29, 1.82) is 0 Å². The first-order valence-corrected chi connectivity index (χ1v) is 12.5. The Kier molecular flexibility index (Phi) is 7.63. The van der Waals surface area contributed by atoms with E-state index in [2.05, 4.69) is 10.0 Å². The van der Waals surface area contributed by atoms with Gasteiger partial charge in [0.25, 0.3) is 5.91 Å². The van der Waals surface area contributed by atoms with Crippen LogP contribution in [-0.2, 0) is 16.4 Å². The summed E-state index contributed by atoms with van der Waals surface area (Å²) in [5.41, 5.74) is 1.68. The lowest BCUT2D eigenvalue weighted by Crippen LogP contribution is -2.47. The molecule has 3 N–H and O–H groups in total. The van der Waals surface area contributed by atoms with Gasteiger partial charge in [0, 0.05) is 35.4 Å². The smallest absolute Gasteiger partial charge is 0.404 e. The van der Waals surface area contributed by atoms with Crippen LogP contribution < -0.4 is 10.0 Å². The Morgan fingerprint density at radius 2 is 1.84 bits per heavy atom. The van der Waals surface area contributed by atoms with Crippen molar-refractivity contribution in [2.45, 2.75) is 25.3 Å². The van der Waals surface area contributed by atoms with Crippen LogP contribution in [-0.4, -0.2) is 55.8 Å². The van der Waals surface area contributed by atoms with Crippen LogP contribution in [0.2, 0.25) is 5.02 Å². The maximum atomic E-state index is 12.9. The van der Waals surface area contributed by atoms with Gasteiger partial charge >= 0.3 is 6.09 Å². The average Bonchev–Trinajstić information content (AvgIpc) is 2.71. The minimum absolute atomic E-state index is 0.0763. The predicted octanol–water partition coefficient (Wildman–Crippen LogP) is 3.44. The molecule has 1 saturated heterocycles. The second-order valence-corrected chi connectivity index (χ2v) is 10.2. The van der Waals surface area contributed by atoms with Crippen molar-refractivity contribution in [2.24, 2.45) is 5.92 Å². The van der Waals surface area contributed by atoms with E-state index >= 15 is 0 Å². The molecule has 1 fully saturated rings. The van der Waals surface area contributed by atoms with E-state index in [-0.39, 0.29) is 17.9 Å². The van der Waals surface area contributed by atoms with Crippen LogP contribution in [0.4, 0.5) is 10.5 Å². The van der Waals surface area contributed by atoms with Gasteiger partial charge in [-0.05, 0) is 61.1 Å². The monoisotopic (exact) mass is 479 g/mol. The minimum Gasteiger partial charge on any atom is -0.465 e. The molecule has 0 aliphatic carbocycles. The molecular weight excluding hydrogens is 454 g/mol. The Morgan fingerprint density at radius 3 is 2.47 bits per heavy atom. The van der Waals surface area contributed by atoms with Crippen molar-refractivity contribution in [2.75, 3.05) is 24.1 Å². The van der Waals surface area contributed by atoms with Crippen LogP contribution in [0.3, 0.4) is 0 Å². The van der Waals surface area contributed by atoms with Gasteiger partial charge in [-0.15, -0.1) is 0 Å². The zero-order valence-corrected chi connectivity index (χ0v) is 19.2. The Hall–Kier alpha value is -2.78. The van der Waals surface area contributed by atoms with Crippen LogP contribution >= 0.6 is 11.6 Å². The van der Waals surface area contributed by atoms with E-state index in [1.165, 1.54) is 6.07 Å². The van der Waals surface area contributed by atoms with Crippen molar-refractivity contribution in [3.63, 3.8) is 0 Å². The molecule has 1 aliphatic rings. The number of hydrogen-bond acceptors (Lipinski definition) is 4. The topological polar surface area (TPSA) is 116 Å². The van der Waals surface area contributed by atoms with Gasteiger partial charge < -0.3 is 15.3 Å². The first-order chi connectivity index (χ1) is 15.1. The van der Waals surface area contributed by atoms with Gasteiger partial charge in [-0.2, -0.15) is 0 Å². The molecule has 1 atom stereocenters. The Morgan fingerprint density at radius 1 is 1.16 bits per heavy atom. The van der Waals surface area contributed by atoms with Gasteiger partial charge in [0.2, 0.25) is 10.0 Å². The lowest BCUT2D eigenvalue weighted by Gasteiger charge is -2.36. The molecule has 1 heterocycles. The van der Waals surface area contributed by atoms with Gasteiger partial charge in [0.05, 0.1) is 6.26 Å². The first-order valence-electron chi connectivity index (χ1n) is 10.2. The summed E-state index contributed by atoms with van der Waals surface area (Å²) in [4.78, 5) is 26.0. The van der Waals surface area contributed by atoms with Gasteiger partial charge in [-0.25, -0.2) is 13.2 Å². The zero-order chi connectivity index (χ0) is 23.3. The summed E-state index contributed by atoms with van der Waals surface area (Å²) in [7, 11) is -3.44. The van der Waals surface area contributed by atoms with E-state index in [0.717, 1.165) is 11.8 Å². The highest BCUT2D eigenvalue weighted by molar-refractivity contribution is 7.92. The number of rotatable bonds is 7. The fourth-order valence-corrected chi connectivity index (χ4v) is 4.80. The standard InChI is InChI=1S/C22H26ClN3O5S/c1-32(30,31)25-19-7-3-5-17(14-19)21(27)26-10-8-16(9-11-26)20(24-22(28)29)13-15-4-2-6-18(23)12-15/h2-7,12,14,16,20,24-25H,8-11,13H2,1H3,(H,28,29). The Bertz CT molecular complexity index is 1080. The molecule has 0 radical (unpaired) electrons. The number of nitrogens with zero attached hydrogens (tertiary/aromatic N) is 1. The number of piperidine rings is 1. The van der Waals surface area contributed by atoms with E-state index in [4.69, 9.17) is 11.6 Å². The number of amides is 2. The molecular formula is C22H26ClN3O5S. The number of halogens is 1. The van der Waals surface area contributed by atoms with Crippen LogP contribution in [0.5, 0.6) is 0 Å². The number of nitrogens with one attached hydrogen (secondary N) is 2. The highest BCUT2D eigenvalue weighted by Gasteiger charge is 2.30. The summed E-state index contributed by atoms with van der Waals surface area (Å²) in [6.45, 7) is 0.973. The van der Waals surface area contributed by atoms with E-state index in [9.17, 15) is 23.1 Å². The summed E-state index contributed by atoms with van der Waals surface area (Å²) < 4.78 is 25.3. The number of carbonyl (C=O) groups excluding carboxylic acids is 1. The molecule has 2 aromatic rings. The van der Waals surface area contributed by atoms with E-state index in [1.54, 1.807) is 29.2 Å². The first kappa shape index (κ1) is 23.9. The summed E-state index contributed by atoms with van der Waals surface area (Å²) >= 11 is 6.06. The maximum Gasteiger partial charge on any atom is 0.404 e. The van der Waals surface area contributed by atoms with E-state index < -0.39 is 16.1 Å². The summed E-state index contributed by atoms with van der Waals surface area (Å²) in [6, 6.07) is 13.4. The fraction of sp³-hybridized carbons (Fsp3) is 0.364. The molecule has 1 aliphatic heterocycles. The van der Waals surface area contributed by atoms with Crippen molar-refractivity contribution in [3.8, 4) is 0 Å². The van der Waals surface area contributed by atoms with Crippen LogP contribution in [0.25, 0.3) is 0 Å². The van der Waals surface area contributed by atoms with Crippen molar-refractivity contribution < 1.29 is 23.1 Å². The number of carboxylic acid groups (broad SMARTS) is 1. The van der Waals surface area contributed by atoms with Crippen LogP contribution in [0.15, 0.2) is 48.5 Å². The minimum atomic E-state index is -3.44. The number of anilines is 1. The van der Waals surface area contributed by atoms with E-state index in [0.29, 0.717) is 48.6 Å². The lowest BCUT2D eigenvalue weighted by molar-refractivity contribution is 0.0668. The second kappa shape index (κ2) is 10.2. The molecule has 172 valence electrons. The number of sulfonamides is 1. The summed E-state index contributed by atoms with van der Waals surface area (Å²) in [5, 5.41) is 12.5. The Balaban J connectivity index is 1.65. The number of hydrogen-bond donors (Lipinski definition) is 3. The zero-order valence-electron chi connectivity index (χ0n) is 17.6. The number of likely N-dealkylation sites (tertiary alicyclic amines) is 1. The SMILES string of the molecule is CS(=O)(=O)Nc1cccc(C(=O)N2CCC(C(Cc3cccc(Cl)c3)NC(=O)O)CC2)c1. The molecule has 1 unspecified atom stereocenters. The van der Waals surface area contributed by atoms with Crippen molar-refractivity contribution in [3.05, 3.63) is 64.7 Å². The lowest BCUT2D eigenvalue weighted by atomic mass is 9.85. The number of benzene rings is 2.